The Hall–Kier alpha value is -2.46. The van der Waals surface area contributed by atoms with Gasteiger partial charge in [-0.15, -0.1) is 0 Å². The lowest BCUT2D eigenvalue weighted by molar-refractivity contribution is 0.0954. The third-order valence-electron chi connectivity index (χ3n) is 4.31. The fourth-order valence-corrected chi connectivity index (χ4v) is 2.82. The number of benzene rings is 2. The van der Waals surface area contributed by atoms with Crippen LogP contribution in [0, 0.1) is 6.92 Å². The molecule has 124 valence electrons. The van der Waals surface area contributed by atoms with Crippen LogP contribution in [0.2, 0.25) is 0 Å². The molecule has 0 aromatic heterocycles. The van der Waals surface area contributed by atoms with Crippen molar-refractivity contribution in [3.8, 4) is 0 Å². The molecule has 0 bridgehead atoms. The summed E-state index contributed by atoms with van der Waals surface area (Å²) < 4.78 is 0. The van der Waals surface area contributed by atoms with Gasteiger partial charge in [0.25, 0.3) is 5.91 Å². The van der Waals surface area contributed by atoms with E-state index in [0.29, 0.717) is 5.56 Å². The zero-order chi connectivity index (χ0) is 16.8. The molecular weight excluding hydrogens is 298 g/mol. The van der Waals surface area contributed by atoms with Crippen molar-refractivity contribution in [2.24, 2.45) is 5.10 Å². The van der Waals surface area contributed by atoms with Crippen LogP contribution in [-0.4, -0.2) is 29.6 Å². The van der Waals surface area contributed by atoms with Gasteiger partial charge in [-0.05, 0) is 24.6 Å². The normalized spacial score (nSPS) is 15.1. The van der Waals surface area contributed by atoms with Gasteiger partial charge < -0.3 is 0 Å². The minimum Gasteiger partial charge on any atom is -0.298 e. The van der Waals surface area contributed by atoms with Crippen LogP contribution in [0.3, 0.4) is 0 Å². The first kappa shape index (κ1) is 16.4. The van der Waals surface area contributed by atoms with Gasteiger partial charge >= 0.3 is 0 Å². The van der Waals surface area contributed by atoms with Gasteiger partial charge in [0.1, 0.15) is 0 Å². The maximum absolute atomic E-state index is 12.1. The summed E-state index contributed by atoms with van der Waals surface area (Å²) in [5.41, 5.74) is 6.88. The van der Waals surface area contributed by atoms with Crippen LogP contribution >= 0.6 is 0 Å². The Labute approximate surface area is 143 Å². The van der Waals surface area contributed by atoms with Crippen molar-refractivity contribution in [1.82, 2.24) is 10.3 Å². The Balaban J connectivity index is 1.48. The fraction of sp³-hybridized carbons (Fsp3) is 0.300. The number of likely N-dealkylation sites (tertiary alicyclic amines) is 1. The maximum atomic E-state index is 12.1. The molecule has 1 N–H and O–H groups in total. The Kier molecular flexibility index (Phi) is 5.39. The smallest absolute Gasteiger partial charge is 0.271 e. The van der Waals surface area contributed by atoms with E-state index in [-0.39, 0.29) is 5.91 Å². The molecule has 24 heavy (non-hydrogen) atoms. The molecule has 0 atom stereocenters. The molecule has 2 aromatic rings. The monoisotopic (exact) mass is 321 g/mol. The van der Waals surface area contributed by atoms with E-state index in [1.807, 2.05) is 37.3 Å². The van der Waals surface area contributed by atoms with Crippen molar-refractivity contribution in [3.63, 3.8) is 0 Å². The molecule has 4 heteroatoms. The van der Waals surface area contributed by atoms with Gasteiger partial charge in [0.2, 0.25) is 0 Å². The van der Waals surface area contributed by atoms with Crippen molar-refractivity contribution in [2.75, 3.05) is 13.1 Å². The predicted octanol–water partition coefficient (Wildman–Crippen LogP) is 3.38. The quantitative estimate of drug-likeness (QED) is 0.878. The van der Waals surface area contributed by atoms with Gasteiger partial charge in [-0.2, -0.15) is 5.10 Å². The summed E-state index contributed by atoms with van der Waals surface area (Å²) in [6, 6.07) is 18.0. The molecule has 1 heterocycles. The minimum absolute atomic E-state index is 0.144. The summed E-state index contributed by atoms with van der Waals surface area (Å²) in [5.74, 6) is -0.144. The Bertz CT molecular complexity index is 697. The Morgan fingerprint density at radius 2 is 1.71 bits per heavy atom. The zero-order valence-corrected chi connectivity index (χ0v) is 14.0. The molecule has 0 unspecified atom stereocenters. The van der Waals surface area contributed by atoms with Crippen LogP contribution in [0.15, 0.2) is 59.7 Å². The van der Waals surface area contributed by atoms with Gasteiger partial charge in [-0.25, -0.2) is 5.43 Å². The van der Waals surface area contributed by atoms with Gasteiger partial charge in [0.05, 0.1) is 0 Å². The van der Waals surface area contributed by atoms with Gasteiger partial charge in [0.15, 0.2) is 0 Å². The molecule has 4 nitrogen and oxygen atoms in total. The van der Waals surface area contributed by atoms with Crippen LogP contribution < -0.4 is 5.43 Å². The lowest BCUT2D eigenvalue weighted by Gasteiger charge is -2.27. The van der Waals surface area contributed by atoms with E-state index >= 15 is 0 Å². The van der Waals surface area contributed by atoms with Crippen molar-refractivity contribution in [3.05, 3.63) is 71.3 Å². The predicted molar refractivity (Wildman–Crippen MR) is 97.0 cm³/mol. The molecule has 1 fully saturated rings. The van der Waals surface area contributed by atoms with Crippen molar-refractivity contribution in [2.45, 2.75) is 26.3 Å². The molecular formula is C20H23N3O. The van der Waals surface area contributed by atoms with Crippen LogP contribution in [0.1, 0.15) is 34.3 Å². The van der Waals surface area contributed by atoms with E-state index in [1.54, 1.807) is 0 Å². The van der Waals surface area contributed by atoms with E-state index in [0.717, 1.165) is 43.8 Å². The van der Waals surface area contributed by atoms with Crippen LogP contribution in [-0.2, 0) is 6.54 Å². The third kappa shape index (κ3) is 4.52. The fourth-order valence-electron chi connectivity index (χ4n) is 2.82. The second-order valence-corrected chi connectivity index (χ2v) is 6.25. The largest absolute Gasteiger partial charge is 0.298 e. The molecule has 1 saturated heterocycles. The van der Waals surface area contributed by atoms with Crippen LogP contribution in [0.25, 0.3) is 0 Å². The van der Waals surface area contributed by atoms with Crippen LogP contribution in [0.5, 0.6) is 0 Å². The van der Waals surface area contributed by atoms with Gasteiger partial charge in [0, 0.05) is 43.8 Å². The van der Waals surface area contributed by atoms with Crippen molar-refractivity contribution in [1.29, 1.82) is 0 Å². The highest BCUT2D eigenvalue weighted by atomic mass is 16.2. The molecule has 1 aliphatic heterocycles. The first-order valence-corrected chi connectivity index (χ1v) is 8.39. The van der Waals surface area contributed by atoms with E-state index in [9.17, 15) is 4.79 Å². The summed E-state index contributed by atoms with van der Waals surface area (Å²) in [5, 5.41) is 4.31. The molecule has 0 spiro atoms. The van der Waals surface area contributed by atoms with E-state index in [4.69, 9.17) is 0 Å². The summed E-state index contributed by atoms with van der Waals surface area (Å²) in [6.07, 6.45) is 1.81. The number of carbonyl (C=O) groups is 1. The summed E-state index contributed by atoms with van der Waals surface area (Å²) in [7, 11) is 0. The third-order valence-corrected chi connectivity index (χ3v) is 4.31. The number of nitrogens with one attached hydrogen (secondary N) is 1. The second kappa shape index (κ2) is 7.88. The minimum atomic E-state index is -0.144. The number of aryl methyl sites for hydroxylation is 1. The van der Waals surface area contributed by atoms with Crippen LogP contribution in [0.4, 0.5) is 0 Å². The zero-order valence-electron chi connectivity index (χ0n) is 14.0. The van der Waals surface area contributed by atoms with Gasteiger partial charge in [-0.1, -0.05) is 48.0 Å². The highest BCUT2D eigenvalue weighted by molar-refractivity contribution is 5.95. The highest BCUT2D eigenvalue weighted by Crippen LogP contribution is 2.12. The molecule has 0 aliphatic carbocycles. The lowest BCUT2D eigenvalue weighted by Crippen LogP contribution is -2.34. The number of hydrazone groups is 1. The number of amides is 1. The molecule has 1 amide bonds. The highest BCUT2D eigenvalue weighted by Gasteiger charge is 2.15. The van der Waals surface area contributed by atoms with E-state index < -0.39 is 0 Å². The molecule has 0 radical (unpaired) electrons. The first-order valence-electron chi connectivity index (χ1n) is 8.39. The molecule has 1 aliphatic rings. The SMILES string of the molecule is Cc1ccc(C(=O)NN=C2CCN(Cc3ccccc3)CC2)cc1. The summed E-state index contributed by atoms with van der Waals surface area (Å²) in [6.45, 7) is 4.94. The number of carbonyl (C=O) groups excluding carboxylic acids is 1. The van der Waals surface area contributed by atoms with E-state index in [1.165, 1.54) is 5.56 Å². The number of hydrogen-bond acceptors (Lipinski definition) is 3. The molecule has 3 rings (SSSR count). The van der Waals surface area contributed by atoms with Crippen molar-refractivity contribution >= 4 is 11.6 Å². The number of hydrogen-bond donors (Lipinski definition) is 1. The Morgan fingerprint density at radius 3 is 2.38 bits per heavy atom. The topological polar surface area (TPSA) is 44.7 Å². The average Bonchev–Trinajstić information content (AvgIpc) is 2.62. The second-order valence-electron chi connectivity index (χ2n) is 6.25. The first-order chi connectivity index (χ1) is 11.7. The van der Waals surface area contributed by atoms with Crippen molar-refractivity contribution < 1.29 is 4.79 Å². The number of rotatable bonds is 4. The van der Waals surface area contributed by atoms with Gasteiger partial charge in [-0.3, -0.25) is 9.69 Å². The average molecular weight is 321 g/mol. The molecule has 2 aromatic carbocycles. The Morgan fingerprint density at radius 1 is 1.04 bits per heavy atom. The molecule has 0 saturated carbocycles. The van der Waals surface area contributed by atoms with E-state index in [2.05, 4.69) is 39.7 Å². The summed E-state index contributed by atoms with van der Waals surface area (Å²) in [4.78, 5) is 14.5. The standard InChI is InChI=1S/C20H23N3O/c1-16-7-9-18(10-8-16)20(24)22-21-19-11-13-23(14-12-19)15-17-5-3-2-4-6-17/h2-10H,11-15H2,1H3,(H,22,24). The lowest BCUT2D eigenvalue weighted by atomic mass is 10.1. The number of nitrogens with zero attached hydrogens (tertiary/aromatic N) is 2. The summed E-state index contributed by atoms with van der Waals surface area (Å²) >= 11 is 0. The maximum Gasteiger partial charge on any atom is 0.271 e. The number of piperidine rings is 1.